The fraction of sp³-hybridized carbons (Fsp3) is 0.438. The number of para-hydroxylation sites is 1. The molecule has 8 heteroatoms. The van der Waals surface area contributed by atoms with E-state index in [0.717, 1.165) is 0 Å². The molecule has 0 radical (unpaired) electrons. The third-order valence-electron chi connectivity index (χ3n) is 2.72. The number of rotatable bonds is 5. The summed E-state index contributed by atoms with van der Waals surface area (Å²) in [6.45, 7) is 5.42. The van der Waals surface area contributed by atoms with Crippen LogP contribution in [-0.2, 0) is 9.59 Å². The van der Waals surface area contributed by atoms with Gasteiger partial charge in [-0.15, -0.1) is 0 Å². The Hall–Kier alpha value is -2.48. The Morgan fingerprint density at radius 1 is 1.08 bits per heavy atom. The molecule has 0 spiro atoms. The van der Waals surface area contributed by atoms with Crippen molar-refractivity contribution in [2.75, 3.05) is 25.5 Å². The third-order valence-corrected chi connectivity index (χ3v) is 2.72. The summed E-state index contributed by atoms with van der Waals surface area (Å²) in [6, 6.07) is 4.78. The molecule has 0 heterocycles. The Kier molecular flexibility index (Phi) is 6.84. The zero-order valence-corrected chi connectivity index (χ0v) is 14.3. The zero-order valence-electron chi connectivity index (χ0n) is 14.3. The van der Waals surface area contributed by atoms with Crippen molar-refractivity contribution in [2.45, 2.75) is 26.3 Å². The first-order valence-electron chi connectivity index (χ1n) is 7.42. The summed E-state index contributed by atoms with van der Waals surface area (Å²) in [5.74, 6) is -1.43. The van der Waals surface area contributed by atoms with Crippen LogP contribution in [0.5, 0.6) is 0 Å². The molecule has 1 rings (SSSR count). The number of hydrogen-bond acceptors (Lipinski definition) is 4. The summed E-state index contributed by atoms with van der Waals surface area (Å²) in [7, 11) is 1.58. The van der Waals surface area contributed by atoms with Crippen LogP contribution in [0.4, 0.5) is 14.9 Å². The van der Waals surface area contributed by atoms with E-state index in [9.17, 15) is 18.8 Å². The van der Waals surface area contributed by atoms with Gasteiger partial charge in [-0.2, -0.15) is 0 Å². The van der Waals surface area contributed by atoms with E-state index in [0.29, 0.717) is 0 Å². The lowest BCUT2D eigenvalue weighted by Crippen LogP contribution is -2.47. The quantitative estimate of drug-likeness (QED) is 0.755. The normalized spacial score (nSPS) is 11.1. The number of likely N-dealkylation sites (N-methyl/N-ethyl adjacent to an activating group) is 1. The van der Waals surface area contributed by atoms with Gasteiger partial charge in [0.05, 0.1) is 18.8 Å². The maximum Gasteiger partial charge on any atom is 0.326 e. The maximum absolute atomic E-state index is 13.4. The summed E-state index contributed by atoms with van der Waals surface area (Å²) < 4.78 is 13.4. The summed E-state index contributed by atoms with van der Waals surface area (Å²) in [5.41, 5.74) is -0.388. The summed E-state index contributed by atoms with van der Waals surface area (Å²) in [6.07, 6.45) is 0. The monoisotopic (exact) mass is 338 g/mol. The highest BCUT2D eigenvalue weighted by Crippen LogP contribution is 2.11. The highest BCUT2D eigenvalue weighted by Gasteiger charge is 2.17. The Balaban J connectivity index is 2.41. The number of benzene rings is 1. The molecule has 0 unspecified atom stereocenters. The van der Waals surface area contributed by atoms with Gasteiger partial charge < -0.3 is 10.6 Å². The number of carbonyl (C=O) groups is 3. The van der Waals surface area contributed by atoms with Crippen molar-refractivity contribution in [3.63, 3.8) is 0 Å². The molecular formula is C16H23FN4O3. The molecule has 1 aromatic rings. The van der Waals surface area contributed by atoms with E-state index in [-0.39, 0.29) is 30.2 Å². The third kappa shape index (κ3) is 7.68. The van der Waals surface area contributed by atoms with E-state index in [1.165, 1.54) is 23.1 Å². The van der Waals surface area contributed by atoms with Gasteiger partial charge in [-0.1, -0.05) is 12.1 Å². The summed E-state index contributed by atoms with van der Waals surface area (Å²) in [5, 5.41) is 7.09. The molecule has 24 heavy (non-hydrogen) atoms. The van der Waals surface area contributed by atoms with E-state index in [2.05, 4.69) is 16.0 Å². The molecule has 0 saturated heterocycles. The van der Waals surface area contributed by atoms with E-state index in [1.807, 2.05) is 20.8 Å². The van der Waals surface area contributed by atoms with Gasteiger partial charge in [0.25, 0.3) is 0 Å². The predicted molar refractivity (Wildman–Crippen MR) is 89.0 cm³/mol. The molecule has 4 amide bonds. The van der Waals surface area contributed by atoms with E-state index >= 15 is 0 Å². The molecule has 3 N–H and O–H groups in total. The molecular weight excluding hydrogens is 315 g/mol. The standard InChI is InChI=1S/C16H23FN4O3/c1-16(2,3)20-14(23)10-21(4)9-13(22)19-15(24)18-12-8-6-5-7-11(12)17/h5-8H,9-10H2,1-4H3,(H,20,23)(H2,18,19,22,24). The zero-order chi connectivity index (χ0) is 18.3. The second-order valence-electron chi connectivity index (χ2n) is 6.45. The summed E-state index contributed by atoms with van der Waals surface area (Å²) >= 11 is 0. The first kappa shape index (κ1) is 19.6. The van der Waals surface area contributed by atoms with Gasteiger partial charge in [0.15, 0.2) is 0 Å². The number of nitrogens with one attached hydrogen (secondary N) is 3. The van der Waals surface area contributed by atoms with Crippen LogP contribution in [0.15, 0.2) is 24.3 Å². The molecule has 1 aromatic carbocycles. The maximum atomic E-state index is 13.4. The van der Waals surface area contributed by atoms with Crippen molar-refractivity contribution in [1.29, 1.82) is 0 Å². The second-order valence-corrected chi connectivity index (χ2v) is 6.45. The van der Waals surface area contributed by atoms with Crippen LogP contribution in [0.1, 0.15) is 20.8 Å². The Morgan fingerprint density at radius 3 is 2.25 bits per heavy atom. The molecule has 0 saturated carbocycles. The largest absolute Gasteiger partial charge is 0.350 e. The smallest absolute Gasteiger partial charge is 0.326 e. The Bertz CT molecular complexity index is 614. The molecule has 7 nitrogen and oxygen atoms in total. The van der Waals surface area contributed by atoms with Gasteiger partial charge in [-0.05, 0) is 40.0 Å². The van der Waals surface area contributed by atoms with Crippen LogP contribution in [0.25, 0.3) is 0 Å². The van der Waals surface area contributed by atoms with Crippen molar-refractivity contribution in [3.05, 3.63) is 30.1 Å². The van der Waals surface area contributed by atoms with Crippen molar-refractivity contribution in [3.8, 4) is 0 Å². The molecule has 0 aliphatic heterocycles. The van der Waals surface area contributed by atoms with Crippen molar-refractivity contribution >= 4 is 23.5 Å². The fourth-order valence-electron chi connectivity index (χ4n) is 1.89. The van der Waals surface area contributed by atoms with Crippen molar-refractivity contribution in [2.24, 2.45) is 0 Å². The fourth-order valence-corrected chi connectivity index (χ4v) is 1.89. The number of anilines is 1. The Morgan fingerprint density at radius 2 is 1.67 bits per heavy atom. The minimum Gasteiger partial charge on any atom is -0.350 e. The number of carbonyl (C=O) groups excluding carboxylic acids is 3. The molecule has 0 bridgehead atoms. The average molecular weight is 338 g/mol. The van der Waals surface area contributed by atoms with Gasteiger partial charge >= 0.3 is 6.03 Å². The number of imide groups is 1. The van der Waals surface area contributed by atoms with Gasteiger partial charge in [0.2, 0.25) is 11.8 Å². The minimum absolute atomic E-state index is 0.0135. The predicted octanol–water partition coefficient (Wildman–Crippen LogP) is 1.32. The molecule has 0 atom stereocenters. The second kappa shape index (κ2) is 8.39. The lowest BCUT2D eigenvalue weighted by molar-refractivity contribution is -0.124. The van der Waals surface area contributed by atoms with Crippen LogP contribution < -0.4 is 16.0 Å². The molecule has 132 valence electrons. The van der Waals surface area contributed by atoms with E-state index in [4.69, 9.17) is 0 Å². The number of hydrogen-bond donors (Lipinski definition) is 3. The number of amides is 4. The lowest BCUT2D eigenvalue weighted by Gasteiger charge is -2.23. The van der Waals surface area contributed by atoms with Gasteiger partial charge in [-0.3, -0.25) is 19.8 Å². The van der Waals surface area contributed by atoms with Crippen LogP contribution in [0.3, 0.4) is 0 Å². The highest BCUT2D eigenvalue weighted by molar-refractivity contribution is 6.01. The first-order valence-corrected chi connectivity index (χ1v) is 7.42. The number of nitrogens with zero attached hydrogens (tertiary/aromatic N) is 1. The van der Waals surface area contributed by atoms with Gasteiger partial charge in [-0.25, -0.2) is 9.18 Å². The minimum atomic E-state index is -0.836. The molecule has 0 aliphatic carbocycles. The molecule has 0 aliphatic rings. The van der Waals surface area contributed by atoms with Gasteiger partial charge in [0, 0.05) is 5.54 Å². The van der Waals surface area contributed by atoms with Crippen LogP contribution in [0.2, 0.25) is 0 Å². The highest BCUT2D eigenvalue weighted by atomic mass is 19.1. The van der Waals surface area contributed by atoms with Crippen LogP contribution in [-0.4, -0.2) is 48.4 Å². The molecule has 0 aromatic heterocycles. The number of urea groups is 1. The topological polar surface area (TPSA) is 90.5 Å². The van der Waals surface area contributed by atoms with Gasteiger partial charge in [0.1, 0.15) is 5.82 Å². The van der Waals surface area contributed by atoms with E-state index < -0.39 is 17.8 Å². The van der Waals surface area contributed by atoms with E-state index in [1.54, 1.807) is 13.1 Å². The SMILES string of the molecule is CN(CC(=O)NC(=O)Nc1ccccc1F)CC(=O)NC(C)(C)C. The van der Waals surface area contributed by atoms with Crippen LogP contribution >= 0.6 is 0 Å². The first-order chi connectivity index (χ1) is 11.1. The lowest BCUT2D eigenvalue weighted by atomic mass is 10.1. The number of halogens is 1. The van der Waals surface area contributed by atoms with Crippen molar-refractivity contribution in [1.82, 2.24) is 15.5 Å². The summed E-state index contributed by atoms with van der Waals surface area (Å²) in [4.78, 5) is 36.6. The average Bonchev–Trinajstić information content (AvgIpc) is 2.38. The molecule has 0 fully saturated rings. The Labute approximate surface area is 140 Å². The van der Waals surface area contributed by atoms with Crippen LogP contribution in [0, 0.1) is 5.82 Å². The van der Waals surface area contributed by atoms with Crippen molar-refractivity contribution < 1.29 is 18.8 Å².